The predicted molar refractivity (Wildman–Crippen MR) is 84.0 cm³/mol. The van der Waals surface area contributed by atoms with Crippen molar-refractivity contribution in [3.05, 3.63) is 36.0 Å². The van der Waals surface area contributed by atoms with Crippen LogP contribution in [0.5, 0.6) is 0 Å². The number of benzene rings is 1. The van der Waals surface area contributed by atoms with E-state index in [1.807, 2.05) is 25.3 Å². The minimum absolute atomic E-state index is 0.513. The molecule has 1 aromatic heterocycles. The van der Waals surface area contributed by atoms with Crippen LogP contribution in [0.4, 0.5) is 5.82 Å². The van der Waals surface area contributed by atoms with Crippen molar-refractivity contribution in [3.8, 4) is 0 Å². The molecule has 0 aliphatic heterocycles. The second kappa shape index (κ2) is 7.22. The number of rotatable bonds is 7. The molecule has 2 N–H and O–H groups in total. The first-order valence-electron chi connectivity index (χ1n) is 7.21. The van der Waals surface area contributed by atoms with E-state index in [4.69, 9.17) is 10.5 Å². The molecule has 0 saturated heterocycles. The molecule has 1 aromatic carbocycles. The van der Waals surface area contributed by atoms with Crippen LogP contribution in [0.2, 0.25) is 0 Å². The number of fused-ring (bicyclic) bond motifs is 1. The average Bonchev–Trinajstić information content (AvgIpc) is 2.51. The Morgan fingerprint density at radius 3 is 2.60 bits per heavy atom. The average molecular weight is 273 g/mol. The molecule has 0 amide bonds. The van der Waals surface area contributed by atoms with Gasteiger partial charge in [0, 0.05) is 37.8 Å². The Hall–Kier alpha value is -1.65. The number of pyridine rings is 1. The van der Waals surface area contributed by atoms with Crippen molar-refractivity contribution >= 4 is 16.6 Å². The second-order valence-corrected chi connectivity index (χ2v) is 4.63. The smallest absolute Gasteiger partial charge is 0.136 e. The van der Waals surface area contributed by atoms with E-state index in [0.717, 1.165) is 43.1 Å². The number of ether oxygens (including phenoxy) is 1. The van der Waals surface area contributed by atoms with Gasteiger partial charge in [0.25, 0.3) is 0 Å². The monoisotopic (exact) mass is 273 g/mol. The number of aromatic nitrogens is 1. The van der Waals surface area contributed by atoms with E-state index in [9.17, 15) is 0 Å². The molecule has 0 unspecified atom stereocenters. The van der Waals surface area contributed by atoms with Gasteiger partial charge in [0.05, 0.1) is 6.61 Å². The maximum atomic E-state index is 5.80. The SMILES string of the molecule is CCOCCN(CC)c1ncc(CN)c2ccccc12. The minimum atomic E-state index is 0.513. The highest BCUT2D eigenvalue weighted by Crippen LogP contribution is 2.26. The lowest BCUT2D eigenvalue weighted by molar-refractivity contribution is 0.154. The van der Waals surface area contributed by atoms with Crippen LogP contribution in [-0.4, -0.2) is 31.3 Å². The first-order valence-corrected chi connectivity index (χ1v) is 7.21. The summed E-state index contributed by atoms with van der Waals surface area (Å²) < 4.78 is 5.45. The van der Waals surface area contributed by atoms with Crippen LogP contribution in [0.15, 0.2) is 30.5 Å². The van der Waals surface area contributed by atoms with Gasteiger partial charge in [-0.05, 0) is 24.8 Å². The molecule has 20 heavy (non-hydrogen) atoms. The van der Waals surface area contributed by atoms with Gasteiger partial charge in [-0.3, -0.25) is 0 Å². The Bertz CT molecular complexity index is 556. The Morgan fingerprint density at radius 1 is 1.20 bits per heavy atom. The maximum absolute atomic E-state index is 5.80. The maximum Gasteiger partial charge on any atom is 0.136 e. The fourth-order valence-corrected chi connectivity index (χ4v) is 2.38. The summed E-state index contributed by atoms with van der Waals surface area (Å²) in [7, 11) is 0. The summed E-state index contributed by atoms with van der Waals surface area (Å²) in [6, 6.07) is 8.31. The van der Waals surface area contributed by atoms with E-state index >= 15 is 0 Å². The van der Waals surface area contributed by atoms with Crippen LogP contribution in [0.1, 0.15) is 19.4 Å². The number of nitrogens with two attached hydrogens (primary N) is 1. The fraction of sp³-hybridized carbons (Fsp3) is 0.438. The second-order valence-electron chi connectivity index (χ2n) is 4.63. The molecule has 2 aromatic rings. The van der Waals surface area contributed by atoms with Crippen molar-refractivity contribution in [1.29, 1.82) is 0 Å². The van der Waals surface area contributed by atoms with Crippen LogP contribution >= 0.6 is 0 Å². The van der Waals surface area contributed by atoms with Gasteiger partial charge in [-0.2, -0.15) is 0 Å². The molecule has 0 atom stereocenters. The molecular weight excluding hydrogens is 250 g/mol. The third kappa shape index (κ3) is 3.08. The lowest BCUT2D eigenvalue weighted by Crippen LogP contribution is -2.28. The largest absolute Gasteiger partial charge is 0.380 e. The van der Waals surface area contributed by atoms with E-state index in [0.29, 0.717) is 6.54 Å². The van der Waals surface area contributed by atoms with Crippen molar-refractivity contribution in [2.24, 2.45) is 5.73 Å². The lowest BCUT2D eigenvalue weighted by Gasteiger charge is -2.24. The zero-order valence-electron chi connectivity index (χ0n) is 12.3. The van der Waals surface area contributed by atoms with Crippen LogP contribution in [0.3, 0.4) is 0 Å². The number of anilines is 1. The predicted octanol–water partition coefficient (Wildman–Crippen LogP) is 2.56. The summed E-state index contributed by atoms with van der Waals surface area (Å²) in [5.41, 5.74) is 6.89. The van der Waals surface area contributed by atoms with Crippen molar-refractivity contribution in [2.45, 2.75) is 20.4 Å². The third-order valence-corrected chi connectivity index (χ3v) is 3.47. The summed E-state index contributed by atoms with van der Waals surface area (Å²) in [5, 5.41) is 2.35. The summed E-state index contributed by atoms with van der Waals surface area (Å²) in [6.07, 6.45) is 1.89. The van der Waals surface area contributed by atoms with Crippen molar-refractivity contribution < 1.29 is 4.74 Å². The molecule has 0 fully saturated rings. The quantitative estimate of drug-likeness (QED) is 0.788. The fourth-order valence-electron chi connectivity index (χ4n) is 2.38. The Labute approximate surface area is 120 Å². The molecule has 1 heterocycles. The normalized spacial score (nSPS) is 10.9. The van der Waals surface area contributed by atoms with Crippen LogP contribution < -0.4 is 10.6 Å². The molecule has 0 saturated carbocycles. The number of nitrogens with zero attached hydrogens (tertiary/aromatic N) is 2. The Morgan fingerprint density at radius 2 is 1.95 bits per heavy atom. The number of hydrogen-bond donors (Lipinski definition) is 1. The molecule has 0 radical (unpaired) electrons. The molecule has 0 aliphatic rings. The molecule has 0 bridgehead atoms. The number of hydrogen-bond acceptors (Lipinski definition) is 4. The van der Waals surface area contributed by atoms with E-state index in [1.165, 1.54) is 5.39 Å². The van der Waals surface area contributed by atoms with Crippen molar-refractivity contribution in [2.75, 3.05) is 31.2 Å². The molecule has 0 aliphatic carbocycles. The van der Waals surface area contributed by atoms with Gasteiger partial charge >= 0.3 is 0 Å². The number of likely N-dealkylation sites (N-methyl/N-ethyl adjacent to an activating group) is 1. The lowest BCUT2D eigenvalue weighted by atomic mass is 10.1. The third-order valence-electron chi connectivity index (χ3n) is 3.47. The summed E-state index contributed by atoms with van der Waals surface area (Å²) in [6.45, 7) is 7.89. The van der Waals surface area contributed by atoms with Crippen LogP contribution in [0, 0.1) is 0 Å². The Balaban J connectivity index is 2.37. The highest BCUT2D eigenvalue weighted by Gasteiger charge is 2.11. The zero-order valence-corrected chi connectivity index (χ0v) is 12.3. The van der Waals surface area contributed by atoms with E-state index in [1.54, 1.807) is 0 Å². The van der Waals surface area contributed by atoms with E-state index in [2.05, 4.69) is 28.9 Å². The van der Waals surface area contributed by atoms with E-state index < -0.39 is 0 Å². The first-order chi connectivity index (χ1) is 9.81. The molecule has 4 heteroatoms. The van der Waals surface area contributed by atoms with Gasteiger partial charge in [0.15, 0.2) is 0 Å². The molecule has 0 spiro atoms. The molecule has 2 rings (SSSR count). The van der Waals surface area contributed by atoms with Gasteiger partial charge < -0.3 is 15.4 Å². The topological polar surface area (TPSA) is 51.4 Å². The molecule has 4 nitrogen and oxygen atoms in total. The highest BCUT2D eigenvalue weighted by molar-refractivity contribution is 5.94. The highest BCUT2D eigenvalue weighted by atomic mass is 16.5. The standard InChI is InChI=1S/C16H23N3O/c1-3-19(9-10-20-4-2)16-15-8-6-5-7-14(15)13(11-17)12-18-16/h5-8,12H,3-4,9-11,17H2,1-2H3. The van der Waals surface area contributed by atoms with Gasteiger partial charge in [0.2, 0.25) is 0 Å². The van der Waals surface area contributed by atoms with Gasteiger partial charge in [0.1, 0.15) is 5.82 Å². The van der Waals surface area contributed by atoms with Crippen molar-refractivity contribution in [3.63, 3.8) is 0 Å². The summed E-state index contributed by atoms with van der Waals surface area (Å²) in [5.74, 6) is 1.01. The van der Waals surface area contributed by atoms with Gasteiger partial charge in [-0.1, -0.05) is 24.3 Å². The minimum Gasteiger partial charge on any atom is -0.380 e. The van der Waals surface area contributed by atoms with Gasteiger partial charge in [-0.25, -0.2) is 4.98 Å². The summed E-state index contributed by atoms with van der Waals surface area (Å²) in [4.78, 5) is 6.87. The first kappa shape index (κ1) is 14.8. The van der Waals surface area contributed by atoms with Crippen LogP contribution in [-0.2, 0) is 11.3 Å². The zero-order chi connectivity index (χ0) is 14.4. The Kier molecular flexibility index (Phi) is 5.32. The van der Waals surface area contributed by atoms with Gasteiger partial charge in [-0.15, -0.1) is 0 Å². The van der Waals surface area contributed by atoms with Crippen LogP contribution in [0.25, 0.3) is 10.8 Å². The molecule has 108 valence electrons. The molecular formula is C16H23N3O. The summed E-state index contributed by atoms with van der Waals surface area (Å²) >= 11 is 0. The van der Waals surface area contributed by atoms with E-state index in [-0.39, 0.29) is 0 Å². The van der Waals surface area contributed by atoms with Crippen molar-refractivity contribution in [1.82, 2.24) is 4.98 Å².